The van der Waals surface area contributed by atoms with Gasteiger partial charge in [0.05, 0.1) is 30.6 Å². The largest absolute Gasteiger partial charge is 0.481 e. The Morgan fingerprint density at radius 3 is 3.00 bits per heavy atom. The number of nitrogens with zero attached hydrogens (tertiary/aromatic N) is 3. The zero-order chi connectivity index (χ0) is 12.4. The van der Waals surface area contributed by atoms with Gasteiger partial charge in [0.25, 0.3) is 0 Å². The summed E-state index contributed by atoms with van der Waals surface area (Å²) in [6.45, 7) is 0. The second-order valence-corrected chi connectivity index (χ2v) is 3.36. The van der Waals surface area contributed by atoms with E-state index in [1.807, 2.05) is 6.07 Å². The molecule has 0 saturated heterocycles. The molecule has 6 heteroatoms. The molecule has 17 heavy (non-hydrogen) atoms. The van der Waals surface area contributed by atoms with Gasteiger partial charge in [-0.3, -0.25) is 4.57 Å². The quantitative estimate of drug-likeness (QED) is 0.848. The molecule has 0 atom stereocenters. The summed E-state index contributed by atoms with van der Waals surface area (Å²) in [7, 11) is 1.48. The minimum Gasteiger partial charge on any atom is -0.481 e. The van der Waals surface area contributed by atoms with E-state index in [0.29, 0.717) is 22.5 Å². The maximum Gasteiger partial charge on any atom is 0.416 e. The summed E-state index contributed by atoms with van der Waals surface area (Å²) in [6, 6.07) is 5.17. The number of nitriles is 1. The van der Waals surface area contributed by atoms with E-state index in [1.54, 1.807) is 12.1 Å². The fraction of sp³-hybridized carbons (Fsp3) is 0.182. The van der Waals surface area contributed by atoms with Crippen LogP contribution in [0.15, 0.2) is 18.3 Å². The normalized spacial score (nSPS) is 10.1. The Balaban J connectivity index is 2.72. The highest BCUT2D eigenvalue weighted by Crippen LogP contribution is 2.22. The van der Waals surface area contributed by atoms with Crippen molar-refractivity contribution >= 4 is 17.1 Å². The minimum atomic E-state index is -1.11. The van der Waals surface area contributed by atoms with Gasteiger partial charge in [0.2, 0.25) is 5.88 Å². The summed E-state index contributed by atoms with van der Waals surface area (Å²) in [5.74, 6) is 0.389. The van der Waals surface area contributed by atoms with Crippen LogP contribution in [-0.4, -0.2) is 27.9 Å². The molecule has 0 spiro atoms. The van der Waals surface area contributed by atoms with Gasteiger partial charge in [-0.15, -0.1) is 0 Å². The molecule has 0 bridgehead atoms. The predicted octanol–water partition coefficient (Wildman–Crippen LogP) is 1.64. The van der Waals surface area contributed by atoms with E-state index < -0.39 is 6.09 Å². The number of ether oxygens (including phenoxy) is 1. The molecular weight excluding hydrogens is 222 g/mol. The van der Waals surface area contributed by atoms with Gasteiger partial charge in [0.15, 0.2) is 0 Å². The van der Waals surface area contributed by atoms with Crippen molar-refractivity contribution in [3.8, 4) is 11.9 Å². The fourth-order valence-electron chi connectivity index (χ4n) is 1.64. The highest BCUT2D eigenvalue weighted by atomic mass is 16.5. The van der Waals surface area contributed by atoms with Crippen LogP contribution in [0.3, 0.4) is 0 Å². The lowest BCUT2D eigenvalue weighted by molar-refractivity contribution is 0.197. The van der Waals surface area contributed by atoms with Gasteiger partial charge >= 0.3 is 6.09 Å². The number of carbonyl (C=O) groups is 1. The standard InChI is InChI=1S/C11H9N3O3/c1-17-9-3-2-8-10(13-9)7(4-5-12)6-14(8)11(15)16/h2-3,6H,4H2,1H3,(H,15,16). The van der Waals surface area contributed by atoms with Crippen molar-refractivity contribution < 1.29 is 14.6 Å². The molecule has 0 saturated carbocycles. The molecule has 0 aliphatic rings. The van der Waals surface area contributed by atoms with E-state index >= 15 is 0 Å². The van der Waals surface area contributed by atoms with E-state index in [2.05, 4.69) is 4.98 Å². The third-order valence-electron chi connectivity index (χ3n) is 2.38. The van der Waals surface area contributed by atoms with Crippen molar-refractivity contribution in [2.45, 2.75) is 6.42 Å². The van der Waals surface area contributed by atoms with Crippen LogP contribution in [0.4, 0.5) is 4.79 Å². The summed E-state index contributed by atoms with van der Waals surface area (Å²) in [5.41, 5.74) is 1.50. The molecule has 0 fully saturated rings. The van der Waals surface area contributed by atoms with Crippen molar-refractivity contribution in [2.24, 2.45) is 0 Å². The van der Waals surface area contributed by atoms with Gasteiger partial charge in [-0.2, -0.15) is 5.26 Å². The van der Waals surface area contributed by atoms with E-state index in [0.717, 1.165) is 4.57 Å². The minimum absolute atomic E-state index is 0.108. The van der Waals surface area contributed by atoms with Gasteiger partial charge in [-0.05, 0) is 6.07 Å². The molecule has 1 N–H and O–H groups in total. The maximum atomic E-state index is 11.0. The number of pyridine rings is 1. The Hall–Kier alpha value is -2.55. The molecule has 2 aromatic rings. The zero-order valence-electron chi connectivity index (χ0n) is 9.04. The summed E-state index contributed by atoms with van der Waals surface area (Å²) in [5, 5.41) is 17.7. The van der Waals surface area contributed by atoms with E-state index in [9.17, 15) is 4.79 Å². The van der Waals surface area contributed by atoms with E-state index in [1.165, 1.54) is 13.3 Å². The lowest BCUT2D eigenvalue weighted by Crippen LogP contribution is -2.05. The van der Waals surface area contributed by atoms with Gasteiger partial charge in [0, 0.05) is 17.8 Å². The van der Waals surface area contributed by atoms with Crippen LogP contribution in [-0.2, 0) is 6.42 Å². The Morgan fingerprint density at radius 1 is 1.65 bits per heavy atom. The van der Waals surface area contributed by atoms with E-state index in [-0.39, 0.29) is 6.42 Å². The van der Waals surface area contributed by atoms with Crippen LogP contribution >= 0.6 is 0 Å². The number of hydrogen-bond acceptors (Lipinski definition) is 4. The summed E-state index contributed by atoms with van der Waals surface area (Å²) >= 11 is 0. The second-order valence-electron chi connectivity index (χ2n) is 3.36. The molecule has 0 amide bonds. The molecule has 0 aliphatic heterocycles. The Morgan fingerprint density at radius 2 is 2.41 bits per heavy atom. The zero-order valence-corrected chi connectivity index (χ0v) is 9.04. The number of carboxylic acid groups (broad SMARTS) is 1. The lowest BCUT2D eigenvalue weighted by atomic mass is 10.2. The Bertz CT molecular complexity index is 625. The molecule has 2 heterocycles. The van der Waals surface area contributed by atoms with Crippen LogP contribution in [0.1, 0.15) is 5.56 Å². The summed E-state index contributed by atoms with van der Waals surface area (Å²) in [4.78, 5) is 15.2. The molecule has 0 aromatic carbocycles. The highest BCUT2D eigenvalue weighted by molar-refractivity contribution is 5.89. The maximum absolute atomic E-state index is 11.0. The van der Waals surface area contributed by atoms with Crippen LogP contribution in [0, 0.1) is 11.3 Å². The first-order valence-electron chi connectivity index (χ1n) is 4.82. The van der Waals surface area contributed by atoms with Crippen LogP contribution in [0.5, 0.6) is 5.88 Å². The number of fused-ring (bicyclic) bond motifs is 1. The van der Waals surface area contributed by atoms with Crippen LogP contribution in [0.25, 0.3) is 11.0 Å². The van der Waals surface area contributed by atoms with Crippen molar-refractivity contribution in [1.82, 2.24) is 9.55 Å². The Labute approximate surface area is 96.7 Å². The molecule has 6 nitrogen and oxygen atoms in total. The molecule has 2 rings (SSSR count). The first-order chi connectivity index (χ1) is 8.17. The van der Waals surface area contributed by atoms with Gasteiger partial charge in [-0.1, -0.05) is 0 Å². The number of aromatic nitrogens is 2. The lowest BCUT2D eigenvalue weighted by Gasteiger charge is -2.00. The van der Waals surface area contributed by atoms with Gasteiger partial charge < -0.3 is 9.84 Å². The average molecular weight is 231 g/mol. The molecule has 0 aliphatic carbocycles. The first kappa shape index (κ1) is 11.0. The van der Waals surface area contributed by atoms with Crippen molar-refractivity contribution in [1.29, 1.82) is 5.26 Å². The predicted molar refractivity (Wildman–Crippen MR) is 59.0 cm³/mol. The molecular formula is C11H9N3O3. The molecule has 0 unspecified atom stereocenters. The number of rotatable bonds is 2. The number of hydrogen-bond donors (Lipinski definition) is 1. The molecule has 86 valence electrons. The topological polar surface area (TPSA) is 88.1 Å². The average Bonchev–Trinajstić information content (AvgIpc) is 2.68. The second kappa shape index (κ2) is 4.14. The van der Waals surface area contributed by atoms with Gasteiger partial charge in [0.1, 0.15) is 0 Å². The van der Waals surface area contributed by atoms with Crippen molar-refractivity contribution in [3.05, 3.63) is 23.9 Å². The van der Waals surface area contributed by atoms with Gasteiger partial charge in [-0.25, -0.2) is 9.78 Å². The fourth-order valence-corrected chi connectivity index (χ4v) is 1.64. The van der Waals surface area contributed by atoms with Crippen LogP contribution in [0.2, 0.25) is 0 Å². The third-order valence-corrected chi connectivity index (χ3v) is 2.38. The third kappa shape index (κ3) is 1.78. The molecule has 2 aromatic heterocycles. The Kier molecular flexibility index (Phi) is 2.66. The highest BCUT2D eigenvalue weighted by Gasteiger charge is 2.14. The molecule has 0 radical (unpaired) electrons. The smallest absolute Gasteiger partial charge is 0.416 e. The summed E-state index contributed by atoms with van der Waals surface area (Å²) in [6.07, 6.45) is 0.408. The summed E-state index contributed by atoms with van der Waals surface area (Å²) < 4.78 is 6.02. The van der Waals surface area contributed by atoms with Crippen molar-refractivity contribution in [3.63, 3.8) is 0 Å². The monoisotopic (exact) mass is 231 g/mol. The number of methoxy groups -OCH3 is 1. The SMILES string of the molecule is COc1ccc2c(n1)c(CC#N)cn2C(=O)O. The van der Waals surface area contributed by atoms with Crippen molar-refractivity contribution in [2.75, 3.05) is 7.11 Å². The first-order valence-corrected chi connectivity index (χ1v) is 4.82. The van der Waals surface area contributed by atoms with Crippen LogP contribution < -0.4 is 4.74 Å². The van der Waals surface area contributed by atoms with E-state index in [4.69, 9.17) is 15.1 Å².